The third-order valence-electron chi connectivity index (χ3n) is 4.98. The number of hydrogen-bond acceptors (Lipinski definition) is 5. The fourth-order valence-electron chi connectivity index (χ4n) is 3.48. The minimum Gasteiger partial charge on any atom is -0.323 e. The number of rotatable bonds is 6. The minimum absolute atomic E-state index is 0.0647. The molecule has 0 atom stereocenters. The molecule has 0 bridgehead atoms. The van der Waals surface area contributed by atoms with Crippen LogP contribution in [0.5, 0.6) is 0 Å². The molecule has 0 spiro atoms. The standard InChI is InChI=1S/C21H23ClN6O/c22-18-6-7-20(28-16-23-15-24-28)19(12-18)25-21(29)14-27-10-8-26(9-11-27)13-17-4-2-1-3-5-17/h1-7,12,15-16H,8-11,13-14H2,(H,25,29). The van der Waals surface area contributed by atoms with Gasteiger partial charge < -0.3 is 5.32 Å². The van der Waals surface area contributed by atoms with Gasteiger partial charge in [-0.05, 0) is 23.8 Å². The van der Waals surface area contributed by atoms with E-state index in [0.29, 0.717) is 17.3 Å². The Bertz CT molecular complexity index is 939. The maximum Gasteiger partial charge on any atom is 0.238 e. The van der Waals surface area contributed by atoms with Crippen LogP contribution in [0.15, 0.2) is 61.2 Å². The van der Waals surface area contributed by atoms with Gasteiger partial charge in [0, 0.05) is 37.7 Å². The van der Waals surface area contributed by atoms with Crippen molar-refractivity contribution in [1.82, 2.24) is 24.6 Å². The highest BCUT2D eigenvalue weighted by molar-refractivity contribution is 6.31. The van der Waals surface area contributed by atoms with E-state index in [9.17, 15) is 4.79 Å². The van der Waals surface area contributed by atoms with Crippen molar-refractivity contribution in [2.75, 3.05) is 38.0 Å². The molecule has 0 radical (unpaired) electrons. The number of nitrogens with one attached hydrogen (secondary N) is 1. The van der Waals surface area contributed by atoms with E-state index in [1.165, 1.54) is 11.9 Å². The van der Waals surface area contributed by atoms with E-state index in [1.54, 1.807) is 23.1 Å². The Labute approximate surface area is 174 Å². The molecule has 0 saturated carbocycles. The van der Waals surface area contributed by atoms with Crippen molar-refractivity contribution in [3.63, 3.8) is 0 Å². The van der Waals surface area contributed by atoms with E-state index >= 15 is 0 Å². The zero-order valence-corrected chi connectivity index (χ0v) is 16.8. The minimum atomic E-state index is -0.0647. The van der Waals surface area contributed by atoms with Gasteiger partial charge in [0.25, 0.3) is 0 Å². The molecule has 4 rings (SSSR count). The van der Waals surface area contributed by atoms with Crippen LogP contribution in [0.4, 0.5) is 5.69 Å². The quantitative estimate of drug-likeness (QED) is 0.676. The van der Waals surface area contributed by atoms with Gasteiger partial charge in [-0.1, -0.05) is 41.9 Å². The molecule has 3 aromatic rings. The number of benzene rings is 2. The maximum absolute atomic E-state index is 12.6. The molecule has 1 aliphatic rings. The number of halogens is 1. The summed E-state index contributed by atoms with van der Waals surface area (Å²) in [4.78, 5) is 21.2. The molecular formula is C21H23ClN6O. The summed E-state index contributed by atoms with van der Waals surface area (Å²) in [5.41, 5.74) is 2.67. The average Bonchev–Trinajstić information content (AvgIpc) is 3.25. The average molecular weight is 411 g/mol. The van der Waals surface area contributed by atoms with Crippen LogP contribution in [0.2, 0.25) is 5.02 Å². The van der Waals surface area contributed by atoms with Crippen molar-refractivity contribution >= 4 is 23.2 Å². The largest absolute Gasteiger partial charge is 0.323 e. The van der Waals surface area contributed by atoms with Crippen LogP contribution in [0, 0.1) is 0 Å². The lowest BCUT2D eigenvalue weighted by atomic mass is 10.2. The number of nitrogens with zero attached hydrogens (tertiary/aromatic N) is 5. The molecule has 0 aliphatic carbocycles. The highest BCUT2D eigenvalue weighted by Gasteiger charge is 2.20. The highest BCUT2D eigenvalue weighted by Crippen LogP contribution is 2.24. The fraction of sp³-hybridized carbons (Fsp3) is 0.286. The van der Waals surface area contributed by atoms with Crippen LogP contribution in [-0.4, -0.2) is 63.2 Å². The summed E-state index contributed by atoms with van der Waals surface area (Å²) < 4.78 is 1.61. The Morgan fingerprint density at radius 2 is 1.79 bits per heavy atom. The van der Waals surface area contributed by atoms with Gasteiger partial charge >= 0.3 is 0 Å². The highest BCUT2D eigenvalue weighted by atomic mass is 35.5. The van der Waals surface area contributed by atoms with Crippen LogP contribution in [0.1, 0.15) is 5.56 Å². The lowest BCUT2D eigenvalue weighted by Crippen LogP contribution is -2.48. The molecule has 2 aromatic carbocycles. The van der Waals surface area contributed by atoms with Gasteiger partial charge in [0.2, 0.25) is 5.91 Å². The first-order valence-electron chi connectivity index (χ1n) is 9.60. The molecule has 1 fully saturated rings. The summed E-state index contributed by atoms with van der Waals surface area (Å²) >= 11 is 6.12. The topological polar surface area (TPSA) is 66.3 Å². The Kier molecular flexibility index (Phi) is 6.19. The van der Waals surface area contributed by atoms with E-state index in [-0.39, 0.29) is 5.91 Å². The van der Waals surface area contributed by atoms with Crippen LogP contribution in [0.3, 0.4) is 0 Å². The van der Waals surface area contributed by atoms with Crippen LogP contribution < -0.4 is 5.32 Å². The van der Waals surface area contributed by atoms with E-state index in [4.69, 9.17) is 11.6 Å². The first kappa shape index (κ1) is 19.6. The zero-order chi connectivity index (χ0) is 20.1. The number of carbonyl (C=O) groups is 1. The molecule has 7 nitrogen and oxygen atoms in total. The molecule has 1 saturated heterocycles. The smallest absolute Gasteiger partial charge is 0.238 e. The first-order valence-corrected chi connectivity index (χ1v) is 9.98. The summed E-state index contributed by atoms with van der Waals surface area (Å²) in [5.74, 6) is -0.0647. The molecule has 1 aromatic heterocycles. The van der Waals surface area contributed by atoms with Crippen molar-refractivity contribution in [2.24, 2.45) is 0 Å². The molecule has 1 N–H and O–H groups in total. The van der Waals surface area contributed by atoms with Gasteiger partial charge in [0.15, 0.2) is 0 Å². The Morgan fingerprint density at radius 3 is 2.52 bits per heavy atom. The fourth-order valence-corrected chi connectivity index (χ4v) is 3.65. The van der Waals surface area contributed by atoms with Gasteiger partial charge in [-0.2, -0.15) is 5.10 Å². The van der Waals surface area contributed by atoms with E-state index in [1.807, 2.05) is 12.1 Å². The zero-order valence-electron chi connectivity index (χ0n) is 16.0. The summed E-state index contributed by atoms with van der Waals surface area (Å²) in [7, 11) is 0. The predicted octanol–water partition coefficient (Wildman–Crippen LogP) is 2.68. The third-order valence-corrected chi connectivity index (χ3v) is 5.21. The van der Waals surface area contributed by atoms with Crippen molar-refractivity contribution in [2.45, 2.75) is 6.54 Å². The van der Waals surface area contributed by atoms with E-state index < -0.39 is 0 Å². The van der Waals surface area contributed by atoms with Crippen molar-refractivity contribution < 1.29 is 4.79 Å². The van der Waals surface area contributed by atoms with E-state index in [2.05, 4.69) is 49.5 Å². The normalized spacial score (nSPS) is 15.3. The molecule has 150 valence electrons. The number of anilines is 1. The van der Waals surface area contributed by atoms with Crippen molar-refractivity contribution in [1.29, 1.82) is 0 Å². The van der Waals surface area contributed by atoms with Crippen molar-refractivity contribution in [3.8, 4) is 5.69 Å². The van der Waals surface area contributed by atoms with Gasteiger partial charge in [-0.15, -0.1) is 0 Å². The number of aromatic nitrogens is 3. The second-order valence-corrected chi connectivity index (χ2v) is 7.52. The molecule has 1 aliphatic heterocycles. The van der Waals surface area contributed by atoms with Gasteiger partial charge in [0.1, 0.15) is 12.7 Å². The van der Waals surface area contributed by atoms with Crippen LogP contribution in [0.25, 0.3) is 5.69 Å². The number of amides is 1. The second kappa shape index (κ2) is 9.17. The molecular weight excluding hydrogens is 388 g/mol. The van der Waals surface area contributed by atoms with Gasteiger partial charge in [0.05, 0.1) is 17.9 Å². The summed E-state index contributed by atoms with van der Waals surface area (Å²) in [6, 6.07) is 15.8. The molecule has 0 unspecified atom stereocenters. The molecule has 29 heavy (non-hydrogen) atoms. The number of piperazine rings is 1. The maximum atomic E-state index is 12.6. The lowest BCUT2D eigenvalue weighted by Gasteiger charge is -2.34. The van der Waals surface area contributed by atoms with Crippen LogP contribution >= 0.6 is 11.6 Å². The molecule has 2 heterocycles. The SMILES string of the molecule is O=C(CN1CCN(Cc2ccccc2)CC1)Nc1cc(Cl)ccc1-n1cncn1. The molecule has 1 amide bonds. The second-order valence-electron chi connectivity index (χ2n) is 7.09. The summed E-state index contributed by atoms with van der Waals surface area (Å²) in [6.45, 7) is 4.93. The predicted molar refractivity (Wildman–Crippen MR) is 113 cm³/mol. The summed E-state index contributed by atoms with van der Waals surface area (Å²) in [5, 5.41) is 7.66. The first-order chi connectivity index (χ1) is 14.2. The molecule has 8 heteroatoms. The van der Waals surface area contributed by atoms with E-state index in [0.717, 1.165) is 38.4 Å². The van der Waals surface area contributed by atoms with Crippen molar-refractivity contribution in [3.05, 3.63) is 71.8 Å². The monoisotopic (exact) mass is 410 g/mol. The Morgan fingerprint density at radius 1 is 1.03 bits per heavy atom. The van der Waals surface area contributed by atoms with Gasteiger partial charge in [-0.3, -0.25) is 14.6 Å². The lowest BCUT2D eigenvalue weighted by molar-refractivity contribution is -0.117. The Hall–Kier alpha value is -2.74. The Balaban J connectivity index is 1.31. The van der Waals surface area contributed by atoms with Crippen LogP contribution in [-0.2, 0) is 11.3 Å². The summed E-state index contributed by atoms with van der Waals surface area (Å²) in [6.07, 6.45) is 3.04. The number of carbonyl (C=O) groups excluding carboxylic acids is 1. The third kappa shape index (κ3) is 5.20. The number of hydrogen-bond donors (Lipinski definition) is 1. The van der Waals surface area contributed by atoms with Gasteiger partial charge in [-0.25, -0.2) is 9.67 Å².